The van der Waals surface area contributed by atoms with E-state index in [2.05, 4.69) is 9.88 Å². The Labute approximate surface area is 128 Å². The van der Waals surface area contributed by atoms with Crippen molar-refractivity contribution in [3.63, 3.8) is 0 Å². The molecule has 1 aliphatic heterocycles. The van der Waals surface area contributed by atoms with E-state index in [9.17, 15) is 8.42 Å². The second-order valence-electron chi connectivity index (χ2n) is 5.01. The summed E-state index contributed by atoms with van der Waals surface area (Å²) >= 11 is 0. The van der Waals surface area contributed by atoms with Crippen molar-refractivity contribution < 1.29 is 22.4 Å². The molecule has 2 heterocycles. The van der Waals surface area contributed by atoms with Crippen molar-refractivity contribution >= 4 is 10.0 Å². The van der Waals surface area contributed by atoms with Gasteiger partial charge in [0.15, 0.2) is 11.5 Å². The smallest absolute Gasteiger partial charge is 0.215 e. The predicted molar refractivity (Wildman–Crippen MR) is 78.2 cm³/mol. The molecule has 0 bridgehead atoms. The zero-order chi connectivity index (χ0) is 15.6. The summed E-state index contributed by atoms with van der Waals surface area (Å²) in [4.78, 5) is 0. The summed E-state index contributed by atoms with van der Waals surface area (Å²) in [5.74, 6) is 1.60. The van der Waals surface area contributed by atoms with Crippen molar-refractivity contribution in [1.82, 2.24) is 9.88 Å². The van der Waals surface area contributed by atoms with Crippen LogP contribution in [0.25, 0.3) is 0 Å². The maximum Gasteiger partial charge on any atom is 0.215 e. The number of benzene rings is 1. The molecule has 0 fully saturated rings. The molecule has 0 aliphatic carbocycles. The van der Waals surface area contributed by atoms with Crippen molar-refractivity contribution in [2.45, 2.75) is 19.6 Å². The van der Waals surface area contributed by atoms with E-state index >= 15 is 0 Å². The molecule has 1 atom stereocenters. The van der Waals surface area contributed by atoms with Crippen LogP contribution in [0.5, 0.6) is 11.5 Å². The largest absolute Gasteiger partial charge is 0.486 e. The molecule has 1 aromatic heterocycles. The Hall–Kier alpha value is -2.06. The maximum atomic E-state index is 12.1. The second-order valence-corrected chi connectivity index (χ2v) is 6.86. The minimum atomic E-state index is -3.50. The first-order valence-electron chi connectivity index (χ1n) is 6.79. The van der Waals surface area contributed by atoms with Crippen LogP contribution in [0.2, 0.25) is 0 Å². The molecule has 118 valence electrons. The minimum absolute atomic E-state index is 0.141. The van der Waals surface area contributed by atoms with E-state index < -0.39 is 16.1 Å². The fourth-order valence-electron chi connectivity index (χ4n) is 2.13. The standard InChI is InChI=1S/C14H16N2O5S/c1-10-11(6-15-21-10)7-16-22(17,18)9-12-8-19-13-4-2-3-5-14(13)20-12/h2-6,12,16H,7-9H2,1H3/t12-/m1/s1. The van der Waals surface area contributed by atoms with Gasteiger partial charge in [0.2, 0.25) is 10.0 Å². The van der Waals surface area contributed by atoms with Gasteiger partial charge in [0, 0.05) is 12.1 Å². The van der Waals surface area contributed by atoms with E-state index in [1.54, 1.807) is 19.1 Å². The van der Waals surface area contributed by atoms with Crippen LogP contribution < -0.4 is 14.2 Å². The Balaban J connectivity index is 1.59. The van der Waals surface area contributed by atoms with Gasteiger partial charge in [-0.25, -0.2) is 13.1 Å². The minimum Gasteiger partial charge on any atom is -0.486 e. The van der Waals surface area contributed by atoms with E-state index in [4.69, 9.17) is 14.0 Å². The zero-order valence-corrected chi connectivity index (χ0v) is 12.8. The van der Waals surface area contributed by atoms with E-state index in [0.717, 1.165) is 0 Å². The topological polar surface area (TPSA) is 90.7 Å². The highest BCUT2D eigenvalue weighted by Gasteiger charge is 2.26. The number of nitrogens with zero attached hydrogens (tertiary/aromatic N) is 1. The third-order valence-corrected chi connectivity index (χ3v) is 4.70. The Morgan fingerprint density at radius 3 is 2.82 bits per heavy atom. The highest BCUT2D eigenvalue weighted by atomic mass is 32.2. The number of fused-ring (bicyclic) bond motifs is 1. The molecule has 1 aliphatic rings. The SMILES string of the molecule is Cc1oncc1CNS(=O)(=O)C[C@H]1COc2ccccc2O1. The first-order valence-corrected chi connectivity index (χ1v) is 8.45. The Morgan fingerprint density at radius 1 is 1.32 bits per heavy atom. The third kappa shape index (κ3) is 3.40. The second kappa shape index (κ2) is 5.98. The zero-order valence-electron chi connectivity index (χ0n) is 12.0. The molecule has 0 unspecified atom stereocenters. The summed E-state index contributed by atoms with van der Waals surface area (Å²) in [6.45, 7) is 2.07. The lowest BCUT2D eigenvalue weighted by Crippen LogP contribution is -2.39. The van der Waals surface area contributed by atoms with Crippen LogP contribution in [0, 0.1) is 6.92 Å². The predicted octanol–water partition coefficient (Wildman–Crippen LogP) is 1.24. The third-order valence-electron chi connectivity index (χ3n) is 3.31. The van der Waals surface area contributed by atoms with Crippen LogP contribution in [0.3, 0.4) is 0 Å². The van der Waals surface area contributed by atoms with Gasteiger partial charge in [-0.1, -0.05) is 17.3 Å². The number of aryl methyl sites for hydroxylation is 1. The molecule has 1 aromatic carbocycles. The summed E-state index contributed by atoms with van der Waals surface area (Å²) in [6.07, 6.45) is 0.949. The normalized spacial score (nSPS) is 17.4. The van der Waals surface area contributed by atoms with Crippen molar-refractivity contribution in [3.8, 4) is 11.5 Å². The van der Waals surface area contributed by atoms with Gasteiger partial charge in [-0.15, -0.1) is 0 Å². The van der Waals surface area contributed by atoms with E-state index in [0.29, 0.717) is 22.8 Å². The van der Waals surface area contributed by atoms with Crippen LogP contribution in [-0.2, 0) is 16.6 Å². The van der Waals surface area contributed by atoms with E-state index in [1.807, 2.05) is 12.1 Å². The summed E-state index contributed by atoms with van der Waals surface area (Å²) < 4.78 is 42.8. The molecule has 0 saturated carbocycles. The molecule has 0 radical (unpaired) electrons. The van der Waals surface area contributed by atoms with Crippen molar-refractivity contribution in [2.24, 2.45) is 0 Å². The van der Waals surface area contributed by atoms with E-state index in [-0.39, 0.29) is 18.9 Å². The van der Waals surface area contributed by atoms with Gasteiger partial charge >= 0.3 is 0 Å². The number of hydrogen-bond donors (Lipinski definition) is 1. The number of para-hydroxylation sites is 2. The molecular formula is C14H16N2O5S. The number of aromatic nitrogens is 1. The highest BCUT2D eigenvalue weighted by molar-refractivity contribution is 7.89. The fraction of sp³-hybridized carbons (Fsp3) is 0.357. The number of ether oxygens (including phenoxy) is 2. The Morgan fingerprint density at radius 2 is 2.09 bits per heavy atom. The van der Waals surface area contributed by atoms with Crippen molar-refractivity contribution in [2.75, 3.05) is 12.4 Å². The average molecular weight is 324 g/mol. The highest BCUT2D eigenvalue weighted by Crippen LogP contribution is 2.31. The number of nitrogens with one attached hydrogen (secondary N) is 1. The molecule has 0 amide bonds. The van der Waals surface area contributed by atoms with Gasteiger partial charge < -0.3 is 14.0 Å². The average Bonchev–Trinajstić information content (AvgIpc) is 2.90. The molecule has 7 nitrogen and oxygen atoms in total. The Kier molecular flexibility index (Phi) is 4.04. The van der Waals surface area contributed by atoms with E-state index in [1.165, 1.54) is 6.20 Å². The fourth-order valence-corrected chi connectivity index (χ4v) is 3.27. The van der Waals surface area contributed by atoms with Gasteiger partial charge in [-0.3, -0.25) is 0 Å². The molecule has 3 rings (SSSR count). The molecule has 8 heteroatoms. The monoisotopic (exact) mass is 324 g/mol. The summed E-state index contributed by atoms with van der Waals surface area (Å²) in [6, 6.07) is 7.18. The molecule has 1 N–H and O–H groups in total. The van der Waals surface area contributed by atoms with Gasteiger partial charge in [0.1, 0.15) is 24.2 Å². The lowest BCUT2D eigenvalue weighted by atomic mass is 10.3. The number of hydrogen-bond acceptors (Lipinski definition) is 6. The van der Waals surface area contributed by atoms with Crippen LogP contribution in [0.4, 0.5) is 0 Å². The van der Waals surface area contributed by atoms with Crippen molar-refractivity contribution in [1.29, 1.82) is 0 Å². The quantitative estimate of drug-likeness (QED) is 0.890. The van der Waals surface area contributed by atoms with Gasteiger partial charge in [0.25, 0.3) is 0 Å². The first kappa shape index (κ1) is 14.9. The summed E-state index contributed by atoms with van der Waals surface area (Å²) in [5.41, 5.74) is 0.703. The van der Waals surface area contributed by atoms with Crippen LogP contribution in [0.15, 0.2) is 35.0 Å². The first-order chi connectivity index (χ1) is 10.5. The van der Waals surface area contributed by atoms with Gasteiger partial charge in [-0.2, -0.15) is 0 Å². The van der Waals surface area contributed by atoms with Crippen molar-refractivity contribution in [3.05, 3.63) is 41.8 Å². The van der Waals surface area contributed by atoms with Gasteiger partial charge in [-0.05, 0) is 19.1 Å². The number of rotatable bonds is 5. The lowest BCUT2D eigenvalue weighted by molar-refractivity contribution is 0.106. The molecular weight excluding hydrogens is 308 g/mol. The maximum absolute atomic E-state index is 12.1. The lowest BCUT2D eigenvalue weighted by Gasteiger charge is -2.26. The molecule has 0 saturated heterocycles. The molecule has 0 spiro atoms. The summed E-state index contributed by atoms with van der Waals surface area (Å²) in [7, 11) is -3.50. The van der Waals surface area contributed by atoms with Gasteiger partial charge in [0.05, 0.1) is 6.20 Å². The summed E-state index contributed by atoms with van der Waals surface area (Å²) in [5, 5.41) is 3.61. The van der Waals surface area contributed by atoms with Crippen LogP contribution in [0.1, 0.15) is 11.3 Å². The number of sulfonamides is 1. The van der Waals surface area contributed by atoms with Crippen LogP contribution in [-0.4, -0.2) is 32.0 Å². The van der Waals surface area contributed by atoms with Crippen LogP contribution >= 0.6 is 0 Å². The molecule has 22 heavy (non-hydrogen) atoms. The Bertz CT molecular complexity index is 756. The molecule has 2 aromatic rings.